The third-order valence-corrected chi connectivity index (χ3v) is 4.66. The molecular weight excluding hydrogens is 306 g/mol. The third-order valence-electron chi connectivity index (χ3n) is 2.73. The van der Waals surface area contributed by atoms with Gasteiger partial charge in [-0.1, -0.05) is 0 Å². The van der Waals surface area contributed by atoms with Crippen molar-refractivity contribution in [2.75, 3.05) is 13.2 Å². The Morgan fingerprint density at radius 3 is 3.12 bits per heavy atom. The van der Waals surface area contributed by atoms with E-state index < -0.39 is 12.0 Å². The lowest BCUT2D eigenvalue weighted by Gasteiger charge is -2.16. The van der Waals surface area contributed by atoms with Crippen LogP contribution >= 0.6 is 27.3 Å². The summed E-state index contributed by atoms with van der Waals surface area (Å²) in [5.74, 6) is -0.855. The molecule has 1 aliphatic rings. The predicted octanol–water partition coefficient (Wildman–Crippen LogP) is 2.40. The van der Waals surface area contributed by atoms with E-state index in [0.717, 1.165) is 28.8 Å². The maximum absolute atomic E-state index is 11.2. The number of thiophene rings is 1. The maximum Gasteiger partial charge on any atom is 0.326 e. The van der Waals surface area contributed by atoms with Gasteiger partial charge in [-0.25, -0.2) is 0 Å². The van der Waals surface area contributed by atoms with E-state index in [-0.39, 0.29) is 6.10 Å². The van der Waals surface area contributed by atoms with Gasteiger partial charge in [0.15, 0.2) is 0 Å². The molecule has 94 valence electrons. The Morgan fingerprint density at radius 1 is 1.76 bits per heavy atom. The number of hydrogen-bond acceptors (Lipinski definition) is 4. The van der Waals surface area contributed by atoms with Gasteiger partial charge in [-0.15, -0.1) is 11.3 Å². The van der Waals surface area contributed by atoms with E-state index >= 15 is 0 Å². The van der Waals surface area contributed by atoms with Gasteiger partial charge in [-0.05, 0) is 40.2 Å². The van der Waals surface area contributed by atoms with Crippen LogP contribution in [0.5, 0.6) is 0 Å². The lowest BCUT2D eigenvalue weighted by Crippen LogP contribution is -2.34. The summed E-state index contributed by atoms with van der Waals surface area (Å²) in [4.78, 5) is 12.0. The van der Waals surface area contributed by atoms with Gasteiger partial charge in [-0.3, -0.25) is 10.1 Å². The van der Waals surface area contributed by atoms with Gasteiger partial charge >= 0.3 is 5.97 Å². The number of hydrogen-bond donors (Lipinski definition) is 2. The lowest BCUT2D eigenvalue weighted by atomic mass is 10.2. The van der Waals surface area contributed by atoms with Crippen molar-refractivity contribution in [2.45, 2.75) is 25.0 Å². The Labute approximate surface area is 112 Å². The topological polar surface area (TPSA) is 58.6 Å². The van der Waals surface area contributed by atoms with Crippen molar-refractivity contribution in [1.82, 2.24) is 5.32 Å². The van der Waals surface area contributed by atoms with Gasteiger partial charge < -0.3 is 9.84 Å². The molecule has 0 aromatic carbocycles. The smallest absolute Gasteiger partial charge is 0.326 e. The van der Waals surface area contributed by atoms with Crippen molar-refractivity contribution in [2.24, 2.45) is 0 Å². The normalized spacial score (nSPS) is 21.6. The van der Waals surface area contributed by atoms with Crippen molar-refractivity contribution < 1.29 is 14.6 Å². The van der Waals surface area contributed by atoms with Crippen molar-refractivity contribution in [3.05, 3.63) is 20.8 Å². The van der Waals surface area contributed by atoms with Crippen LogP contribution < -0.4 is 5.32 Å². The average molecular weight is 320 g/mol. The summed E-state index contributed by atoms with van der Waals surface area (Å²) in [6, 6.07) is 1.21. The van der Waals surface area contributed by atoms with E-state index in [1.807, 2.05) is 11.4 Å². The molecule has 17 heavy (non-hydrogen) atoms. The summed E-state index contributed by atoms with van der Waals surface area (Å²) in [5.41, 5.74) is 0. The first-order valence-electron chi connectivity index (χ1n) is 5.49. The summed E-state index contributed by atoms with van der Waals surface area (Å²) in [7, 11) is 0. The molecule has 4 nitrogen and oxygen atoms in total. The summed E-state index contributed by atoms with van der Waals surface area (Å²) in [5, 5.41) is 14.2. The van der Waals surface area contributed by atoms with Gasteiger partial charge in [0.2, 0.25) is 0 Å². The largest absolute Gasteiger partial charge is 0.480 e. The van der Waals surface area contributed by atoms with Crippen LogP contribution in [0.25, 0.3) is 0 Å². The van der Waals surface area contributed by atoms with Gasteiger partial charge in [0.05, 0.1) is 6.10 Å². The first kappa shape index (κ1) is 13.0. The maximum atomic E-state index is 11.2. The van der Waals surface area contributed by atoms with Crippen LogP contribution in [0, 0.1) is 0 Å². The summed E-state index contributed by atoms with van der Waals surface area (Å²) in [6.07, 6.45) is 2.22. The molecule has 1 saturated heterocycles. The first-order chi connectivity index (χ1) is 8.18. The molecule has 1 aromatic rings. The van der Waals surface area contributed by atoms with E-state index in [2.05, 4.69) is 21.2 Å². The summed E-state index contributed by atoms with van der Waals surface area (Å²) >= 11 is 4.80. The lowest BCUT2D eigenvalue weighted by molar-refractivity contribution is -0.139. The molecule has 2 heterocycles. The molecule has 0 spiro atoms. The molecule has 2 unspecified atom stereocenters. The minimum Gasteiger partial charge on any atom is -0.480 e. The number of carboxylic acid groups (broad SMARTS) is 1. The molecular formula is C11H14BrNO3S. The average Bonchev–Trinajstić information content (AvgIpc) is 2.91. The molecule has 0 radical (unpaired) electrons. The number of halogens is 1. The van der Waals surface area contributed by atoms with E-state index in [1.54, 1.807) is 0 Å². The Hall–Kier alpha value is -0.430. The van der Waals surface area contributed by atoms with Gasteiger partial charge in [-0.2, -0.15) is 0 Å². The second-order valence-corrected chi connectivity index (χ2v) is 5.75. The van der Waals surface area contributed by atoms with E-state index in [9.17, 15) is 9.90 Å². The number of carboxylic acids is 1. The van der Waals surface area contributed by atoms with Crippen LogP contribution in [0.4, 0.5) is 0 Å². The molecule has 6 heteroatoms. The molecule has 1 fully saturated rings. The summed E-state index contributed by atoms with van der Waals surface area (Å²) < 4.78 is 6.31. The number of nitrogens with one attached hydrogen (secondary N) is 1. The molecule has 0 aliphatic carbocycles. The van der Waals surface area contributed by atoms with Gasteiger partial charge in [0.25, 0.3) is 0 Å². The number of rotatable bonds is 5. The van der Waals surface area contributed by atoms with Crippen molar-refractivity contribution in [1.29, 1.82) is 0 Å². The zero-order valence-corrected chi connectivity index (χ0v) is 11.6. The fraction of sp³-hybridized carbons (Fsp3) is 0.545. The van der Waals surface area contributed by atoms with Crippen molar-refractivity contribution >= 4 is 33.2 Å². The molecule has 0 saturated carbocycles. The second kappa shape index (κ2) is 5.95. The van der Waals surface area contributed by atoms with Gasteiger partial charge in [0, 0.05) is 22.5 Å². The van der Waals surface area contributed by atoms with Crippen LogP contribution in [0.2, 0.25) is 0 Å². The minimum absolute atomic E-state index is 0.149. The highest BCUT2D eigenvalue weighted by molar-refractivity contribution is 9.10. The standard InChI is InChI=1S/C11H14BrNO3S/c12-8-3-5-17-10(8)9(11(14)15)13-6-7-2-1-4-16-7/h3,5,7,9,13H,1-2,4,6H2,(H,14,15). The molecule has 1 aliphatic heterocycles. The Kier molecular flexibility index (Phi) is 4.55. The van der Waals surface area contributed by atoms with Crippen LogP contribution in [0.15, 0.2) is 15.9 Å². The fourth-order valence-electron chi connectivity index (χ4n) is 1.86. The second-order valence-electron chi connectivity index (χ2n) is 3.95. The highest BCUT2D eigenvalue weighted by atomic mass is 79.9. The highest BCUT2D eigenvalue weighted by Gasteiger charge is 2.25. The molecule has 0 bridgehead atoms. The van der Waals surface area contributed by atoms with E-state index in [0.29, 0.717) is 6.54 Å². The zero-order chi connectivity index (χ0) is 12.3. The predicted molar refractivity (Wildman–Crippen MR) is 69.4 cm³/mol. The zero-order valence-electron chi connectivity index (χ0n) is 9.19. The molecule has 1 aromatic heterocycles. The Balaban J connectivity index is 1.98. The monoisotopic (exact) mass is 319 g/mol. The molecule has 2 N–H and O–H groups in total. The number of aliphatic carboxylic acids is 1. The number of carbonyl (C=O) groups is 1. The van der Waals surface area contributed by atoms with Crippen LogP contribution in [-0.4, -0.2) is 30.3 Å². The van der Waals surface area contributed by atoms with Crippen molar-refractivity contribution in [3.63, 3.8) is 0 Å². The van der Waals surface area contributed by atoms with Crippen LogP contribution in [0.3, 0.4) is 0 Å². The fourth-order valence-corrected chi connectivity index (χ4v) is 3.53. The van der Waals surface area contributed by atoms with E-state index in [4.69, 9.17) is 4.74 Å². The Morgan fingerprint density at radius 2 is 2.59 bits per heavy atom. The Bertz CT molecular complexity index is 390. The van der Waals surface area contributed by atoms with Crippen LogP contribution in [-0.2, 0) is 9.53 Å². The number of ether oxygens (including phenoxy) is 1. The highest BCUT2D eigenvalue weighted by Crippen LogP contribution is 2.29. The third kappa shape index (κ3) is 3.28. The van der Waals surface area contributed by atoms with Crippen LogP contribution in [0.1, 0.15) is 23.8 Å². The summed E-state index contributed by atoms with van der Waals surface area (Å²) in [6.45, 7) is 1.37. The quantitative estimate of drug-likeness (QED) is 0.875. The van der Waals surface area contributed by atoms with Crippen molar-refractivity contribution in [3.8, 4) is 0 Å². The molecule has 0 amide bonds. The molecule has 2 atom stereocenters. The first-order valence-corrected chi connectivity index (χ1v) is 7.16. The van der Waals surface area contributed by atoms with E-state index in [1.165, 1.54) is 11.3 Å². The minimum atomic E-state index is -0.855. The SMILES string of the molecule is O=C(O)C(NCC1CCCO1)c1sccc1Br. The molecule has 2 rings (SSSR count). The van der Waals surface area contributed by atoms with Gasteiger partial charge in [0.1, 0.15) is 6.04 Å².